The van der Waals surface area contributed by atoms with Crippen molar-refractivity contribution in [2.45, 2.75) is 65.1 Å². The van der Waals surface area contributed by atoms with Crippen LogP contribution in [0.5, 0.6) is 0 Å². The first kappa shape index (κ1) is 15.0. The summed E-state index contributed by atoms with van der Waals surface area (Å²) in [5, 5.41) is 0.968. The second-order valence-electron chi connectivity index (χ2n) is 5.54. The van der Waals surface area contributed by atoms with Crippen molar-refractivity contribution in [3.05, 3.63) is 23.3 Å². The van der Waals surface area contributed by atoms with E-state index in [1.165, 1.54) is 30.4 Å². The van der Waals surface area contributed by atoms with Gasteiger partial charge in [0.1, 0.15) is 0 Å². The van der Waals surface area contributed by atoms with Crippen LogP contribution in [0.3, 0.4) is 0 Å². The van der Waals surface area contributed by atoms with Crippen LogP contribution in [0.4, 0.5) is 0 Å². The average Bonchev–Trinajstić information content (AvgIpc) is 2.84. The lowest BCUT2D eigenvalue weighted by Crippen LogP contribution is -2.02. The molecule has 0 aliphatic carbocycles. The molecule has 0 amide bonds. The van der Waals surface area contributed by atoms with E-state index in [1.54, 1.807) is 0 Å². The SMILES string of the molecule is C/C(=C\CBr)CC/C=C(\C)CCC1OC1(C)C. The standard InChI is InChI=1S/C15H25BrO/c1-12(6-5-7-13(2)10-11-16)8-9-14-15(3,4)17-14/h6,10,14H,5,7-9,11H2,1-4H3/b12-6+,13-10+. The zero-order valence-electron chi connectivity index (χ0n) is 11.6. The molecule has 2 heteroatoms. The Bertz CT molecular complexity index is 302. The molecule has 17 heavy (non-hydrogen) atoms. The van der Waals surface area contributed by atoms with Crippen LogP contribution in [0, 0.1) is 0 Å². The zero-order chi connectivity index (χ0) is 12.9. The molecule has 98 valence electrons. The highest BCUT2D eigenvalue weighted by molar-refractivity contribution is 9.09. The Kier molecular flexibility index (Phi) is 5.94. The van der Waals surface area contributed by atoms with Gasteiger partial charge in [-0.3, -0.25) is 0 Å². The van der Waals surface area contributed by atoms with E-state index < -0.39 is 0 Å². The van der Waals surface area contributed by atoms with Gasteiger partial charge in [-0.2, -0.15) is 0 Å². The fourth-order valence-electron chi connectivity index (χ4n) is 1.98. The van der Waals surface area contributed by atoms with Gasteiger partial charge in [-0.1, -0.05) is 39.2 Å². The van der Waals surface area contributed by atoms with E-state index in [0.29, 0.717) is 6.10 Å². The molecule has 1 saturated heterocycles. The van der Waals surface area contributed by atoms with Gasteiger partial charge in [0.2, 0.25) is 0 Å². The maximum atomic E-state index is 5.59. The molecule has 0 radical (unpaired) electrons. The molecule has 0 spiro atoms. The van der Waals surface area contributed by atoms with Crippen LogP contribution in [0.25, 0.3) is 0 Å². The molecule has 0 aromatic rings. The van der Waals surface area contributed by atoms with Crippen molar-refractivity contribution in [3.8, 4) is 0 Å². The van der Waals surface area contributed by atoms with Crippen molar-refractivity contribution < 1.29 is 4.74 Å². The van der Waals surface area contributed by atoms with Gasteiger partial charge >= 0.3 is 0 Å². The molecular formula is C15H25BrO. The van der Waals surface area contributed by atoms with Crippen molar-refractivity contribution in [3.63, 3.8) is 0 Å². The van der Waals surface area contributed by atoms with Crippen molar-refractivity contribution in [2.24, 2.45) is 0 Å². The van der Waals surface area contributed by atoms with Gasteiger partial charge in [-0.25, -0.2) is 0 Å². The predicted octanol–water partition coefficient (Wildman–Crippen LogP) is 5.01. The molecule has 1 rings (SSSR count). The van der Waals surface area contributed by atoms with Crippen LogP contribution in [-0.2, 0) is 4.74 Å². The number of allylic oxidation sites excluding steroid dienone is 4. The second kappa shape index (κ2) is 6.75. The van der Waals surface area contributed by atoms with Gasteiger partial charge in [0, 0.05) is 5.33 Å². The average molecular weight is 301 g/mol. The molecule has 0 bridgehead atoms. The zero-order valence-corrected chi connectivity index (χ0v) is 13.1. The van der Waals surface area contributed by atoms with Gasteiger partial charge < -0.3 is 4.74 Å². The van der Waals surface area contributed by atoms with Crippen LogP contribution in [0.2, 0.25) is 0 Å². The van der Waals surface area contributed by atoms with Crippen molar-refractivity contribution in [1.29, 1.82) is 0 Å². The Hall–Kier alpha value is -0.0800. The predicted molar refractivity (Wildman–Crippen MR) is 78.7 cm³/mol. The first-order chi connectivity index (χ1) is 7.95. The lowest BCUT2D eigenvalue weighted by molar-refractivity contribution is 0.320. The summed E-state index contributed by atoms with van der Waals surface area (Å²) in [4.78, 5) is 0. The number of rotatable bonds is 7. The lowest BCUT2D eigenvalue weighted by atomic mass is 10.0. The number of ether oxygens (including phenoxy) is 1. The topological polar surface area (TPSA) is 12.5 Å². The van der Waals surface area contributed by atoms with E-state index in [9.17, 15) is 0 Å². The molecule has 0 saturated carbocycles. The van der Waals surface area contributed by atoms with Gasteiger partial charge in [-0.15, -0.1) is 0 Å². The second-order valence-corrected chi connectivity index (χ2v) is 6.19. The van der Waals surface area contributed by atoms with Gasteiger partial charge in [0.05, 0.1) is 11.7 Å². The van der Waals surface area contributed by atoms with Gasteiger partial charge in [0.15, 0.2) is 0 Å². The maximum Gasteiger partial charge on any atom is 0.0892 e. The maximum absolute atomic E-state index is 5.59. The molecular weight excluding hydrogens is 276 g/mol. The molecule has 0 N–H and O–H groups in total. The fourth-order valence-corrected chi connectivity index (χ4v) is 2.53. The van der Waals surface area contributed by atoms with Gasteiger partial charge in [-0.05, 0) is 53.4 Å². The molecule has 1 aliphatic rings. The van der Waals surface area contributed by atoms with Crippen LogP contribution in [0.15, 0.2) is 23.3 Å². The molecule has 1 fully saturated rings. The molecule has 0 aromatic carbocycles. The van der Waals surface area contributed by atoms with E-state index >= 15 is 0 Å². The monoisotopic (exact) mass is 300 g/mol. The van der Waals surface area contributed by atoms with Crippen LogP contribution in [-0.4, -0.2) is 17.0 Å². The highest BCUT2D eigenvalue weighted by atomic mass is 79.9. The Morgan fingerprint density at radius 1 is 1.18 bits per heavy atom. The van der Waals surface area contributed by atoms with Crippen LogP contribution >= 0.6 is 15.9 Å². The van der Waals surface area contributed by atoms with E-state index in [-0.39, 0.29) is 5.60 Å². The Morgan fingerprint density at radius 2 is 1.76 bits per heavy atom. The third kappa shape index (κ3) is 5.87. The summed E-state index contributed by atoms with van der Waals surface area (Å²) in [7, 11) is 0. The molecule has 1 nitrogen and oxygen atoms in total. The van der Waals surface area contributed by atoms with Crippen molar-refractivity contribution in [1.82, 2.24) is 0 Å². The smallest absolute Gasteiger partial charge is 0.0892 e. The summed E-state index contributed by atoms with van der Waals surface area (Å²) in [6, 6.07) is 0. The Balaban J connectivity index is 2.15. The number of epoxide rings is 1. The van der Waals surface area contributed by atoms with Crippen LogP contribution in [0.1, 0.15) is 53.4 Å². The van der Waals surface area contributed by atoms with Crippen LogP contribution < -0.4 is 0 Å². The summed E-state index contributed by atoms with van der Waals surface area (Å²) in [5.74, 6) is 0. The van der Waals surface area contributed by atoms with E-state index in [2.05, 4.69) is 55.8 Å². The quantitative estimate of drug-likeness (QED) is 0.366. The summed E-state index contributed by atoms with van der Waals surface area (Å²) in [6.45, 7) is 8.78. The minimum Gasteiger partial charge on any atom is -0.367 e. The highest BCUT2D eigenvalue weighted by Crippen LogP contribution is 2.38. The number of hydrogen-bond acceptors (Lipinski definition) is 1. The molecule has 0 aromatic heterocycles. The van der Waals surface area contributed by atoms with E-state index in [0.717, 1.165) is 11.8 Å². The minimum atomic E-state index is 0.148. The summed E-state index contributed by atoms with van der Waals surface area (Å²) < 4.78 is 5.59. The number of hydrogen-bond donors (Lipinski definition) is 0. The number of alkyl halides is 1. The Labute approximate surface area is 114 Å². The summed E-state index contributed by atoms with van der Waals surface area (Å²) >= 11 is 3.42. The molecule has 1 unspecified atom stereocenters. The van der Waals surface area contributed by atoms with E-state index in [4.69, 9.17) is 4.74 Å². The normalized spacial score (nSPS) is 23.9. The largest absolute Gasteiger partial charge is 0.367 e. The first-order valence-corrected chi connectivity index (χ1v) is 7.63. The lowest BCUT2D eigenvalue weighted by Gasteiger charge is -2.01. The fraction of sp³-hybridized carbons (Fsp3) is 0.733. The highest BCUT2D eigenvalue weighted by Gasteiger charge is 2.46. The van der Waals surface area contributed by atoms with Crippen molar-refractivity contribution >= 4 is 15.9 Å². The van der Waals surface area contributed by atoms with Gasteiger partial charge in [0.25, 0.3) is 0 Å². The first-order valence-electron chi connectivity index (χ1n) is 6.50. The third-order valence-corrected chi connectivity index (χ3v) is 3.75. The number of halogens is 1. The molecule has 1 heterocycles. The summed E-state index contributed by atoms with van der Waals surface area (Å²) in [5.41, 5.74) is 3.12. The van der Waals surface area contributed by atoms with Crippen molar-refractivity contribution in [2.75, 3.05) is 5.33 Å². The molecule has 1 aliphatic heterocycles. The Morgan fingerprint density at radius 3 is 2.29 bits per heavy atom. The third-order valence-electron chi connectivity index (χ3n) is 3.42. The molecule has 1 atom stereocenters. The summed E-state index contributed by atoms with van der Waals surface area (Å²) in [6.07, 6.45) is 9.79. The minimum absolute atomic E-state index is 0.148. The van der Waals surface area contributed by atoms with E-state index in [1.807, 2.05) is 0 Å².